The summed E-state index contributed by atoms with van der Waals surface area (Å²) >= 11 is 0. The number of benzene rings is 1. The monoisotopic (exact) mass is 433 g/mol. The maximum atomic E-state index is 13.0. The van der Waals surface area contributed by atoms with Gasteiger partial charge in [-0.2, -0.15) is 18.4 Å². The fourth-order valence-corrected chi connectivity index (χ4v) is 4.65. The third-order valence-electron chi connectivity index (χ3n) is 5.56. The quantitative estimate of drug-likeness (QED) is 0.649. The van der Waals surface area contributed by atoms with Crippen LogP contribution in [-0.2, 0) is 28.4 Å². The number of imidazole rings is 1. The minimum atomic E-state index is -4.59. The lowest BCUT2D eigenvalue weighted by Crippen LogP contribution is -2.10. The third-order valence-corrected chi connectivity index (χ3v) is 7.42. The van der Waals surface area contributed by atoms with Gasteiger partial charge in [-0.1, -0.05) is 13.0 Å². The van der Waals surface area contributed by atoms with Crippen molar-refractivity contribution in [2.45, 2.75) is 36.3 Å². The summed E-state index contributed by atoms with van der Waals surface area (Å²) in [6.45, 7) is 1.64. The first-order chi connectivity index (χ1) is 14.0. The standard InChI is InChI=1S/C20H18F3N5OS/c1-3-30(25,29)16-8-12(19(11-24)6-7-19)4-5-13(16)18-27-14-9-17(20(21,22)23)26-10-15(14)28(18)2/h4-5,8-10,25H,3,6-7H2,1-2H3/t30-/m1/s1. The SMILES string of the molecule is CC[S@@](=N)(=O)c1cc(C2(C#N)CC2)ccc1-c1nc2cc(C(F)(F)F)ncc2n1C. The molecule has 4 rings (SSSR count). The lowest BCUT2D eigenvalue weighted by atomic mass is 9.96. The van der Waals surface area contributed by atoms with Crippen molar-refractivity contribution in [1.82, 2.24) is 14.5 Å². The highest BCUT2D eigenvalue weighted by Gasteiger charge is 2.45. The van der Waals surface area contributed by atoms with Crippen molar-refractivity contribution in [3.05, 3.63) is 41.7 Å². The third kappa shape index (κ3) is 3.13. The second-order valence-electron chi connectivity index (χ2n) is 7.42. The molecule has 0 bridgehead atoms. The van der Waals surface area contributed by atoms with Crippen LogP contribution in [0.2, 0.25) is 0 Å². The van der Waals surface area contributed by atoms with E-state index in [4.69, 9.17) is 4.78 Å². The number of hydrogen-bond donors (Lipinski definition) is 1. The second kappa shape index (κ2) is 6.54. The van der Waals surface area contributed by atoms with Gasteiger partial charge in [0.25, 0.3) is 0 Å². The van der Waals surface area contributed by atoms with E-state index in [-0.39, 0.29) is 16.2 Å². The molecule has 1 aliphatic carbocycles. The van der Waals surface area contributed by atoms with Crippen LogP contribution in [0, 0.1) is 16.1 Å². The maximum Gasteiger partial charge on any atom is 0.433 e. The number of hydrogen-bond acceptors (Lipinski definition) is 5. The Kier molecular flexibility index (Phi) is 4.43. The van der Waals surface area contributed by atoms with Crippen LogP contribution in [-0.4, -0.2) is 24.5 Å². The highest BCUT2D eigenvalue weighted by atomic mass is 32.2. The Labute approximate surface area is 171 Å². The molecule has 0 saturated heterocycles. The molecule has 2 heterocycles. The Bertz CT molecular complexity index is 1310. The Morgan fingerprint density at radius 2 is 2.03 bits per heavy atom. The molecular formula is C20H18F3N5OS. The van der Waals surface area contributed by atoms with E-state index in [1.54, 1.807) is 36.7 Å². The molecule has 1 atom stereocenters. The summed E-state index contributed by atoms with van der Waals surface area (Å²) in [5.74, 6) is 0.357. The molecule has 3 aromatic rings. The van der Waals surface area contributed by atoms with Gasteiger partial charge in [-0.25, -0.2) is 19.0 Å². The zero-order valence-corrected chi connectivity index (χ0v) is 17.1. The summed E-state index contributed by atoms with van der Waals surface area (Å²) in [4.78, 5) is 8.07. The Morgan fingerprint density at radius 1 is 1.33 bits per heavy atom. The van der Waals surface area contributed by atoms with Gasteiger partial charge in [0.05, 0.1) is 43.3 Å². The second-order valence-corrected chi connectivity index (χ2v) is 9.79. The molecular weight excluding hydrogens is 415 g/mol. The van der Waals surface area contributed by atoms with Crippen molar-refractivity contribution in [3.63, 3.8) is 0 Å². The molecule has 1 fully saturated rings. The summed E-state index contributed by atoms with van der Waals surface area (Å²) in [5.41, 5.74) is -0.0597. The van der Waals surface area contributed by atoms with Gasteiger partial charge in [0.1, 0.15) is 11.5 Å². The molecule has 0 aliphatic heterocycles. The van der Waals surface area contributed by atoms with Gasteiger partial charge >= 0.3 is 6.18 Å². The summed E-state index contributed by atoms with van der Waals surface area (Å²) < 4.78 is 62.0. The minimum Gasteiger partial charge on any atom is -0.326 e. The molecule has 10 heteroatoms. The molecule has 156 valence electrons. The molecule has 2 aromatic heterocycles. The van der Waals surface area contributed by atoms with Crippen molar-refractivity contribution in [2.75, 3.05) is 5.75 Å². The van der Waals surface area contributed by atoms with Crippen LogP contribution < -0.4 is 0 Å². The van der Waals surface area contributed by atoms with E-state index >= 15 is 0 Å². The van der Waals surface area contributed by atoms with Gasteiger partial charge in [-0.05, 0) is 36.6 Å². The average molecular weight is 433 g/mol. The molecule has 0 amide bonds. The summed E-state index contributed by atoms with van der Waals surface area (Å²) in [5, 5.41) is 9.49. The van der Waals surface area contributed by atoms with Crippen LogP contribution in [0.15, 0.2) is 35.4 Å². The Morgan fingerprint density at radius 3 is 2.60 bits per heavy atom. The van der Waals surface area contributed by atoms with E-state index in [1.165, 1.54) is 0 Å². The van der Waals surface area contributed by atoms with Gasteiger partial charge in [-0.15, -0.1) is 0 Å². The first-order valence-corrected chi connectivity index (χ1v) is 11.0. The van der Waals surface area contributed by atoms with Crippen LogP contribution >= 0.6 is 0 Å². The molecule has 0 spiro atoms. The Balaban J connectivity index is 1.95. The lowest BCUT2D eigenvalue weighted by molar-refractivity contribution is -0.141. The molecule has 1 N–H and O–H groups in total. The van der Waals surface area contributed by atoms with Crippen LogP contribution in [0.4, 0.5) is 13.2 Å². The van der Waals surface area contributed by atoms with Crippen LogP contribution in [0.5, 0.6) is 0 Å². The number of halogens is 3. The summed E-state index contributed by atoms with van der Waals surface area (Å²) in [7, 11) is -1.55. The highest BCUT2D eigenvalue weighted by molar-refractivity contribution is 7.92. The van der Waals surface area contributed by atoms with Crippen molar-refractivity contribution < 1.29 is 17.4 Å². The zero-order chi connectivity index (χ0) is 21.9. The topological polar surface area (TPSA) is 95.4 Å². The van der Waals surface area contributed by atoms with Gasteiger partial charge in [0.2, 0.25) is 0 Å². The smallest absolute Gasteiger partial charge is 0.326 e. The number of aromatic nitrogens is 3. The van der Waals surface area contributed by atoms with E-state index in [0.717, 1.165) is 12.3 Å². The predicted molar refractivity (Wildman–Crippen MR) is 105 cm³/mol. The van der Waals surface area contributed by atoms with Gasteiger partial charge in [0, 0.05) is 18.4 Å². The molecule has 0 radical (unpaired) electrons. The number of nitrogens with zero attached hydrogens (tertiary/aromatic N) is 4. The predicted octanol–water partition coefficient (Wildman–Crippen LogP) is 4.63. The lowest BCUT2D eigenvalue weighted by Gasteiger charge is -2.15. The van der Waals surface area contributed by atoms with Crippen molar-refractivity contribution in [1.29, 1.82) is 10.0 Å². The van der Waals surface area contributed by atoms with Crippen molar-refractivity contribution in [2.24, 2.45) is 7.05 Å². The highest BCUT2D eigenvalue weighted by Crippen LogP contribution is 2.48. The molecule has 6 nitrogen and oxygen atoms in total. The first-order valence-electron chi connectivity index (χ1n) is 9.25. The minimum absolute atomic E-state index is 0.0622. The maximum absolute atomic E-state index is 13.0. The first kappa shape index (κ1) is 20.3. The number of nitriles is 1. The number of alkyl halides is 3. The van der Waals surface area contributed by atoms with Crippen LogP contribution in [0.3, 0.4) is 0 Å². The van der Waals surface area contributed by atoms with Crippen molar-refractivity contribution >= 4 is 20.8 Å². The fourth-order valence-electron chi connectivity index (χ4n) is 3.51. The van der Waals surface area contributed by atoms with Crippen LogP contribution in [0.25, 0.3) is 22.4 Å². The van der Waals surface area contributed by atoms with Gasteiger partial charge in [0.15, 0.2) is 0 Å². The van der Waals surface area contributed by atoms with Crippen LogP contribution in [0.1, 0.15) is 31.0 Å². The summed E-state index contributed by atoms with van der Waals surface area (Å²) in [6.07, 6.45) is -2.08. The fraction of sp³-hybridized carbons (Fsp3) is 0.350. The molecule has 1 aromatic carbocycles. The molecule has 0 unspecified atom stereocenters. The number of nitrogens with one attached hydrogen (secondary N) is 1. The molecule has 1 saturated carbocycles. The average Bonchev–Trinajstić information content (AvgIpc) is 3.45. The van der Waals surface area contributed by atoms with Gasteiger partial charge < -0.3 is 4.57 Å². The molecule has 1 aliphatic rings. The van der Waals surface area contributed by atoms with E-state index in [2.05, 4.69) is 16.0 Å². The summed E-state index contributed by atoms with van der Waals surface area (Å²) in [6, 6.07) is 8.20. The van der Waals surface area contributed by atoms with E-state index < -0.39 is 27.0 Å². The van der Waals surface area contributed by atoms with E-state index in [1.807, 2.05) is 0 Å². The largest absolute Gasteiger partial charge is 0.433 e. The number of rotatable bonds is 4. The number of pyridine rings is 1. The van der Waals surface area contributed by atoms with Crippen molar-refractivity contribution in [3.8, 4) is 17.5 Å². The Hall–Kier alpha value is -2.93. The van der Waals surface area contributed by atoms with Gasteiger partial charge in [-0.3, -0.25) is 0 Å². The molecule has 30 heavy (non-hydrogen) atoms. The zero-order valence-electron chi connectivity index (χ0n) is 16.2. The number of fused-ring (bicyclic) bond motifs is 1. The van der Waals surface area contributed by atoms with E-state index in [9.17, 15) is 22.6 Å². The number of aryl methyl sites for hydroxylation is 1. The normalized spacial score (nSPS) is 17.5. The van der Waals surface area contributed by atoms with E-state index in [0.29, 0.717) is 35.3 Å².